The summed E-state index contributed by atoms with van der Waals surface area (Å²) in [4.78, 5) is 12.1. The predicted octanol–water partition coefficient (Wildman–Crippen LogP) is 4.09. The van der Waals surface area contributed by atoms with Crippen molar-refractivity contribution in [2.75, 3.05) is 7.11 Å². The van der Waals surface area contributed by atoms with Gasteiger partial charge in [-0.15, -0.1) is 0 Å². The van der Waals surface area contributed by atoms with Crippen LogP contribution in [0.25, 0.3) is 0 Å². The lowest BCUT2D eigenvalue weighted by Crippen LogP contribution is -2.11. The summed E-state index contributed by atoms with van der Waals surface area (Å²) < 4.78 is 18.7. The van der Waals surface area contributed by atoms with Gasteiger partial charge in [0.1, 0.15) is 11.6 Å². The molecule has 3 heteroatoms. The van der Waals surface area contributed by atoms with Crippen molar-refractivity contribution in [3.05, 3.63) is 29.6 Å². The summed E-state index contributed by atoms with van der Waals surface area (Å²) in [6.45, 7) is 6.25. The second kappa shape index (κ2) is 6.53. The molecule has 0 aliphatic heterocycles. The van der Waals surface area contributed by atoms with Crippen LogP contribution in [0.3, 0.4) is 0 Å². The quantitative estimate of drug-likeness (QED) is 0.713. The molecule has 0 aromatic heterocycles. The molecule has 0 spiro atoms. The Morgan fingerprint density at radius 2 is 2.00 bits per heavy atom. The number of rotatable bonds is 6. The van der Waals surface area contributed by atoms with E-state index in [1.807, 2.05) is 6.92 Å². The van der Waals surface area contributed by atoms with Gasteiger partial charge in [-0.3, -0.25) is 4.79 Å². The summed E-state index contributed by atoms with van der Waals surface area (Å²) in [7, 11) is 1.45. The fraction of sp³-hybridized carbons (Fsp3) is 0.533. The monoisotopic (exact) mass is 252 g/mol. The Kier molecular flexibility index (Phi) is 5.32. The summed E-state index contributed by atoms with van der Waals surface area (Å²) in [5, 5.41) is 0. The van der Waals surface area contributed by atoms with E-state index in [0.717, 1.165) is 6.42 Å². The van der Waals surface area contributed by atoms with Crippen molar-refractivity contribution < 1.29 is 13.9 Å². The van der Waals surface area contributed by atoms with Crippen molar-refractivity contribution in [3.8, 4) is 5.75 Å². The Labute approximate surface area is 108 Å². The Morgan fingerprint density at radius 1 is 1.33 bits per heavy atom. The molecular weight excluding hydrogens is 231 g/mol. The van der Waals surface area contributed by atoms with Crippen LogP contribution < -0.4 is 4.74 Å². The van der Waals surface area contributed by atoms with E-state index in [0.29, 0.717) is 18.1 Å². The van der Waals surface area contributed by atoms with Gasteiger partial charge in [0, 0.05) is 6.42 Å². The van der Waals surface area contributed by atoms with E-state index in [9.17, 15) is 9.18 Å². The number of halogens is 1. The number of ketones is 1. The maximum absolute atomic E-state index is 13.7. The fourth-order valence-corrected chi connectivity index (χ4v) is 2.25. The Morgan fingerprint density at radius 3 is 2.56 bits per heavy atom. The Hall–Kier alpha value is -1.38. The summed E-state index contributed by atoms with van der Waals surface area (Å²) in [6.07, 6.45) is 1.32. The van der Waals surface area contributed by atoms with Gasteiger partial charge in [-0.2, -0.15) is 0 Å². The molecule has 0 heterocycles. The van der Waals surface area contributed by atoms with Gasteiger partial charge in [-0.25, -0.2) is 4.39 Å². The average Bonchev–Trinajstić information content (AvgIpc) is 2.26. The van der Waals surface area contributed by atoms with Gasteiger partial charge in [-0.05, 0) is 30.4 Å². The highest BCUT2D eigenvalue weighted by atomic mass is 19.1. The molecule has 2 nitrogen and oxygen atoms in total. The summed E-state index contributed by atoms with van der Waals surface area (Å²) in [5.74, 6) is 0.420. The van der Waals surface area contributed by atoms with Crippen molar-refractivity contribution in [2.45, 2.75) is 33.6 Å². The van der Waals surface area contributed by atoms with E-state index in [1.54, 1.807) is 12.1 Å². The minimum absolute atomic E-state index is 0.0793. The highest BCUT2D eigenvalue weighted by molar-refractivity contribution is 5.99. The Bertz CT molecular complexity index is 413. The highest BCUT2D eigenvalue weighted by Crippen LogP contribution is 2.25. The van der Waals surface area contributed by atoms with E-state index in [1.165, 1.54) is 13.2 Å². The van der Waals surface area contributed by atoms with Gasteiger partial charge >= 0.3 is 0 Å². The molecule has 0 aliphatic carbocycles. The minimum atomic E-state index is -0.504. The fourth-order valence-electron chi connectivity index (χ4n) is 2.25. The number of carbonyl (C=O) groups is 1. The topological polar surface area (TPSA) is 26.3 Å². The number of hydrogen-bond donors (Lipinski definition) is 0. The summed E-state index contributed by atoms with van der Waals surface area (Å²) in [6, 6.07) is 4.45. The summed E-state index contributed by atoms with van der Waals surface area (Å²) in [5.41, 5.74) is 0.0793. The van der Waals surface area contributed by atoms with Gasteiger partial charge in [0.15, 0.2) is 5.78 Å². The van der Waals surface area contributed by atoms with Crippen LogP contribution in [0.15, 0.2) is 18.2 Å². The number of hydrogen-bond acceptors (Lipinski definition) is 2. The highest BCUT2D eigenvalue weighted by Gasteiger charge is 2.19. The first kappa shape index (κ1) is 14.7. The molecule has 0 amide bonds. The van der Waals surface area contributed by atoms with Crippen LogP contribution in [0.1, 0.15) is 44.0 Å². The molecule has 0 saturated carbocycles. The average molecular weight is 252 g/mol. The number of ether oxygens (including phenoxy) is 1. The molecule has 1 rings (SSSR count). The van der Waals surface area contributed by atoms with E-state index < -0.39 is 5.82 Å². The standard InChI is InChI=1S/C15H21FO2/c1-10(2)8-11(3)9-13(17)15-12(16)6-5-7-14(15)18-4/h5-7,10-11H,8-9H2,1-4H3. The van der Waals surface area contributed by atoms with Gasteiger partial charge in [-0.1, -0.05) is 26.8 Å². The van der Waals surface area contributed by atoms with Crippen molar-refractivity contribution in [1.29, 1.82) is 0 Å². The predicted molar refractivity (Wildman–Crippen MR) is 70.5 cm³/mol. The molecule has 100 valence electrons. The van der Waals surface area contributed by atoms with Gasteiger partial charge in [0.2, 0.25) is 0 Å². The molecule has 1 aromatic carbocycles. The van der Waals surface area contributed by atoms with Crippen molar-refractivity contribution >= 4 is 5.78 Å². The maximum atomic E-state index is 13.7. The molecule has 0 fully saturated rings. The normalized spacial score (nSPS) is 12.6. The zero-order valence-electron chi connectivity index (χ0n) is 11.5. The van der Waals surface area contributed by atoms with E-state index in [2.05, 4.69) is 13.8 Å². The van der Waals surface area contributed by atoms with Gasteiger partial charge in [0.05, 0.1) is 12.7 Å². The van der Waals surface area contributed by atoms with Crippen molar-refractivity contribution in [1.82, 2.24) is 0 Å². The molecule has 0 aliphatic rings. The number of methoxy groups -OCH3 is 1. The van der Waals surface area contributed by atoms with Crippen LogP contribution in [0.2, 0.25) is 0 Å². The largest absolute Gasteiger partial charge is 0.496 e. The Balaban J connectivity index is 2.84. The van der Waals surface area contributed by atoms with Crippen LogP contribution in [-0.2, 0) is 0 Å². The zero-order chi connectivity index (χ0) is 13.7. The van der Waals surface area contributed by atoms with Crippen LogP contribution in [0.4, 0.5) is 4.39 Å². The molecule has 1 unspecified atom stereocenters. The van der Waals surface area contributed by atoms with Gasteiger partial charge < -0.3 is 4.74 Å². The molecule has 1 aromatic rings. The first-order valence-corrected chi connectivity index (χ1v) is 6.31. The lowest BCUT2D eigenvalue weighted by atomic mass is 9.92. The van der Waals surface area contributed by atoms with Crippen molar-refractivity contribution in [3.63, 3.8) is 0 Å². The van der Waals surface area contributed by atoms with Crippen LogP contribution >= 0.6 is 0 Å². The second-order valence-corrected chi connectivity index (χ2v) is 5.18. The summed E-state index contributed by atoms with van der Waals surface area (Å²) >= 11 is 0. The third kappa shape index (κ3) is 3.83. The lowest BCUT2D eigenvalue weighted by molar-refractivity contribution is 0.0953. The third-order valence-electron chi connectivity index (χ3n) is 2.88. The first-order chi connectivity index (χ1) is 8.45. The lowest BCUT2D eigenvalue weighted by Gasteiger charge is -2.14. The smallest absolute Gasteiger partial charge is 0.169 e. The zero-order valence-corrected chi connectivity index (χ0v) is 11.5. The molecular formula is C15H21FO2. The maximum Gasteiger partial charge on any atom is 0.169 e. The number of benzene rings is 1. The molecule has 0 radical (unpaired) electrons. The first-order valence-electron chi connectivity index (χ1n) is 6.31. The van der Waals surface area contributed by atoms with Gasteiger partial charge in [0.25, 0.3) is 0 Å². The molecule has 0 N–H and O–H groups in total. The SMILES string of the molecule is COc1cccc(F)c1C(=O)CC(C)CC(C)C. The van der Waals surface area contributed by atoms with Crippen LogP contribution in [0, 0.1) is 17.7 Å². The van der Waals surface area contributed by atoms with Crippen molar-refractivity contribution in [2.24, 2.45) is 11.8 Å². The molecule has 18 heavy (non-hydrogen) atoms. The number of carbonyl (C=O) groups excluding carboxylic acids is 1. The van der Waals surface area contributed by atoms with Crippen LogP contribution in [-0.4, -0.2) is 12.9 Å². The third-order valence-corrected chi connectivity index (χ3v) is 2.88. The van der Waals surface area contributed by atoms with Crippen LogP contribution in [0.5, 0.6) is 5.75 Å². The molecule has 0 saturated heterocycles. The number of Topliss-reactive ketones (excluding diaryl/α,β-unsaturated/α-hetero) is 1. The van der Waals surface area contributed by atoms with E-state index in [-0.39, 0.29) is 17.3 Å². The van der Waals surface area contributed by atoms with E-state index in [4.69, 9.17) is 4.74 Å². The molecule has 0 bridgehead atoms. The van der Waals surface area contributed by atoms with E-state index >= 15 is 0 Å². The second-order valence-electron chi connectivity index (χ2n) is 5.18. The molecule has 1 atom stereocenters. The minimum Gasteiger partial charge on any atom is -0.496 e.